The smallest absolute Gasteiger partial charge is 0.347 e. The van der Waals surface area contributed by atoms with Gasteiger partial charge in [0.05, 0.1) is 11.3 Å². The second-order valence-corrected chi connectivity index (χ2v) is 7.56. The number of aromatic nitrogens is 1. The van der Waals surface area contributed by atoms with E-state index in [1.54, 1.807) is 41.3 Å². The average molecular weight is 443 g/mol. The van der Waals surface area contributed by atoms with Crippen LogP contribution >= 0.6 is 0 Å². The molecule has 0 saturated heterocycles. The molecule has 0 aliphatic carbocycles. The molecule has 0 aliphatic heterocycles. The molecule has 6 heteroatoms. The Morgan fingerprint density at radius 2 is 1.24 bits per heavy atom. The molecule has 0 atom stereocenters. The van der Waals surface area contributed by atoms with Crippen LogP contribution in [-0.2, 0) is 19.3 Å². The lowest BCUT2D eigenvalue weighted by molar-refractivity contribution is -0.137. The van der Waals surface area contributed by atoms with Crippen LogP contribution in [0.2, 0.25) is 0 Å². The van der Waals surface area contributed by atoms with Crippen molar-refractivity contribution >= 4 is 5.82 Å². The van der Waals surface area contributed by atoms with E-state index < -0.39 is 17.3 Å². The third-order valence-electron chi connectivity index (χ3n) is 5.22. The lowest BCUT2D eigenvalue weighted by atomic mass is 10.0. The second kappa shape index (κ2) is 9.58. The quantitative estimate of drug-likeness (QED) is 0.327. The molecule has 0 bridgehead atoms. The van der Waals surface area contributed by atoms with Gasteiger partial charge in [0.1, 0.15) is 17.5 Å². The van der Waals surface area contributed by atoms with E-state index in [0.717, 1.165) is 17.2 Å². The number of alkyl halides is 3. The summed E-state index contributed by atoms with van der Waals surface area (Å²) in [6, 6.07) is 30.3. The van der Waals surface area contributed by atoms with Crippen LogP contribution in [0.25, 0.3) is 11.3 Å². The third kappa shape index (κ3) is 5.21. The van der Waals surface area contributed by atoms with Gasteiger partial charge in [-0.25, -0.2) is 4.98 Å². The second-order valence-electron chi connectivity index (χ2n) is 7.56. The van der Waals surface area contributed by atoms with E-state index in [-0.39, 0.29) is 11.5 Å². The van der Waals surface area contributed by atoms with E-state index in [2.05, 4.69) is 4.98 Å². The van der Waals surface area contributed by atoms with Crippen molar-refractivity contribution < 1.29 is 13.2 Å². The summed E-state index contributed by atoms with van der Waals surface area (Å²) in [5, 5.41) is 9.79. The molecular formula is C27H20F3N3. The lowest BCUT2D eigenvalue weighted by Gasteiger charge is -2.27. The molecule has 0 radical (unpaired) electrons. The van der Waals surface area contributed by atoms with Gasteiger partial charge in [0.2, 0.25) is 0 Å². The zero-order chi connectivity index (χ0) is 23.3. The molecule has 4 aromatic rings. The van der Waals surface area contributed by atoms with Crippen LogP contribution in [0.5, 0.6) is 0 Å². The van der Waals surface area contributed by atoms with Crippen LogP contribution in [0.15, 0.2) is 97.1 Å². The predicted molar refractivity (Wildman–Crippen MR) is 122 cm³/mol. The number of hydrogen-bond acceptors (Lipinski definition) is 3. The zero-order valence-electron chi connectivity index (χ0n) is 17.6. The van der Waals surface area contributed by atoms with Gasteiger partial charge in [0, 0.05) is 18.7 Å². The Hall–Kier alpha value is -4.11. The monoisotopic (exact) mass is 443 g/mol. The molecule has 0 fully saturated rings. The maximum atomic E-state index is 14.0. The largest absolute Gasteiger partial charge is 0.417 e. The van der Waals surface area contributed by atoms with Crippen molar-refractivity contribution in [2.24, 2.45) is 0 Å². The predicted octanol–water partition coefficient (Wildman–Crippen LogP) is 6.85. The molecule has 4 rings (SSSR count). The first kappa shape index (κ1) is 22.1. The van der Waals surface area contributed by atoms with E-state index in [1.807, 2.05) is 60.7 Å². The molecule has 0 N–H and O–H groups in total. The minimum absolute atomic E-state index is 0.0129. The normalized spacial score (nSPS) is 11.1. The molecule has 3 nitrogen and oxygen atoms in total. The highest BCUT2D eigenvalue weighted by Gasteiger charge is 2.37. The van der Waals surface area contributed by atoms with Gasteiger partial charge in [0.25, 0.3) is 0 Å². The summed E-state index contributed by atoms with van der Waals surface area (Å²) in [5.41, 5.74) is 1.06. The summed E-state index contributed by atoms with van der Waals surface area (Å²) in [7, 11) is 0. The first-order chi connectivity index (χ1) is 16.0. The summed E-state index contributed by atoms with van der Waals surface area (Å²) in [5.74, 6) is 0.0129. The highest BCUT2D eigenvalue weighted by atomic mass is 19.4. The maximum Gasteiger partial charge on any atom is 0.417 e. The topological polar surface area (TPSA) is 39.9 Å². The molecule has 3 aromatic carbocycles. The number of halogens is 3. The fourth-order valence-electron chi connectivity index (χ4n) is 3.66. The number of rotatable bonds is 6. The fourth-order valence-corrected chi connectivity index (χ4v) is 3.66. The standard InChI is InChI=1S/C27H20F3N3/c28-27(29,30)24-16-25(22-14-8-3-9-15-22)32-26(23(24)17-31)33(18-20-10-4-1-5-11-20)19-21-12-6-2-7-13-21/h1-16H,18-19H2. The van der Waals surface area contributed by atoms with Gasteiger partial charge in [-0.05, 0) is 17.2 Å². The van der Waals surface area contributed by atoms with Crippen molar-refractivity contribution in [3.8, 4) is 17.3 Å². The van der Waals surface area contributed by atoms with Crippen LogP contribution in [0.1, 0.15) is 22.3 Å². The van der Waals surface area contributed by atoms with Gasteiger partial charge in [-0.1, -0.05) is 91.0 Å². The summed E-state index contributed by atoms with van der Waals surface area (Å²) < 4.78 is 42.1. The Labute approximate surface area is 190 Å². The van der Waals surface area contributed by atoms with E-state index >= 15 is 0 Å². The zero-order valence-corrected chi connectivity index (χ0v) is 17.6. The highest BCUT2D eigenvalue weighted by Crippen LogP contribution is 2.38. The molecule has 0 saturated carbocycles. The molecule has 1 heterocycles. The highest BCUT2D eigenvalue weighted by molar-refractivity contribution is 5.68. The minimum Gasteiger partial charge on any atom is -0.347 e. The fraction of sp³-hybridized carbons (Fsp3) is 0.111. The van der Waals surface area contributed by atoms with Crippen molar-refractivity contribution in [2.45, 2.75) is 19.3 Å². The number of benzene rings is 3. The molecule has 1 aromatic heterocycles. The van der Waals surface area contributed by atoms with Crippen LogP contribution in [-0.4, -0.2) is 4.98 Å². The molecule has 0 aliphatic rings. The number of anilines is 1. The van der Waals surface area contributed by atoms with E-state index in [0.29, 0.717) is 18.7 Å². The van der Waals surface area contributed by atoms with Crippen molar-refractivity contribution in [1.29, 1.82) is 5.26 Å². The number of hydrogen-bond donors (Lipinski definition) is 0. The minimum atomic E-state index is -4.70. The van der Waals surface area contributed by atoms with Crippen LogP contribution in [0, 0.1) is 11.3 Å². The van der Waals surface area contributed by atoms with Crippen molar-refractivity contribution in [1.82, 2.24) is 4.98 Å². The molecule has 33 heavy (non-hydrogen) atoms. The van der Waals surface area contributed by atoms with Crippen LogP contribution in [0.3, 0.4) is 0 Å². The van der Waals surface area contributed by atoms with E-state index in [1.165, 1.54) is 0 Å². The Kier molecular flexibility index (Phi) is 6.41. The van der Waals surface area contributed by atoms with Crippen LogP contribution in [0.4, 0.5) is 19.0 Å². The SMILES string of the molecule is N#Cc1c(C(F)(F)F)cc(-c2ccccc2)nc1N(Cc1ccccc1)Cc1ccccc1. The van der Waals surface area contributed by atoms with Gasteiger partial charge in [-0.15, -0.1) is 0 Å². The number of nitriles is 1. The van der Waals surface area contributed by atoms with Gasteiger partial charge in [-0.3, -0.25) is 0 Å². The molecule has 0 amide bonds. The first-order valence-electron chi connectivity index (χ1n) is 10.4. The maximum absolute atomic E-state index is 14.0. The molecule has 0 spiro atoms. The Morgan fingerprint density at radius 3 is 1.70 bits per heavy atom. The molecule has 0 unspecified atom stereocenters. The molecular weight excluding hydrogens is 423 g/mol. The Bertz CT molecular complexity index is 1210. The summed E-state index contributed by atoms with van der Waals surface area (Å²) in [4.78, 5) is 6.31. The van der Waals surface area contributed by atoms with Gasteiger partial charge >= 0.3 is 6.18 Å². The number of nitrogens with zero attached hydrogens (tertiary/aromatic N) is 3. The summed E-state index contributed by atoms with van der Waals surface area (Å²) >= 11 is 0. The average Bonchev–Trinajstić information content (AvgIpc) is 2.84. The van der Waals surface area contributed by atoms with Gasteiger partial charge in [0.15, 0.2) is 0 Å². The van der Waals surface area contributed by atoms with E-state index in [4.69, 9.17) is 0 Å². The Morgan fingerprint density at radius 1 is 0.758 bits per heavy atom. The third-order valence-corrected chi connectivity index (χ3v) is 5.22. The van der Waals surface area contributed by atoms with Gasteiger partial charge in [-0.2, -0.15) is 18.4 Å². The van der Waals surface area contributed by atoms with Gasteiger partial charge < -0.3 is 4.90 Å². The van der Waals surface area contributed by atoms with Crippen molar-refractivity contribution in [3.05, 3.63) is 119 Å². The van der Waals surface area contributed by atoms with Crippen molar-refractivity contribution in [2.75, 3.05) is 4.90 Å². The van der Waals surface area contributed by atoms with E-state index in [9.17, 15) is 18.4 Å². The number of pyridine rings is 1. The van der Waals surface area contributed by atoms with Crippen molar-refractivity contribution in [3.63, 3.8) is 0 Å². The summed E-state index contributed by atoms with van der Waals surface area (Å²) in [6.07, 6.45) is -4.70. The lowest BCUT2D eigenvalue weighted by Crippen LogP contribution is -2.26. The van der Waals surface area contributed by atoms with Crippen LogP contribution < -0.4 is 4.90 Å². The first-order valence-corrected chi connectivity index (χ1v) is 10.4. The molecule has 164 valence electrons. The Balaban J connectivity index is 1.91. The summed E-state index contributed by atoms with van der Waals surface area (Å²) in [6.45, 7) is 0.597.